The molecule has 0 unspecified atom stereocenters. The van der Waals surface area contributed by atoms with E-state index in [2.05, 4.69) is 5.10 Å². The molecule has 1 aromatic rings. The highest BCUT2D eigenvalue weighted by atomic mass is 16.6. The highest BCUT2D eigenvalue weighted by Gasteiger charge is 2.14. The average molecular weight is 166 g/mol. The predicted octanol–water partition coefficient (Wildman–Crippen LogP) is 0.623. The van der Waals surface area contributed by atoms with Gasteiger partial charge in [0, 0.05) is 0 Å². The van der Waals surface area contributed by atoms with Crippen LogP contribution in [-0.2, 0) is 6.54 Å². The minimum atomic E-state index is -0.518. The van der Waals surface area contributed by atoms with Crippen LogP contribution in [0.1, 0.15) is 5.69 Å². The van der Waals surface area contributed by atoms with Gasteiger partial charge in [0.25, 0.3) is 0 Å². The van der Waals surface area contributed by atoms with Crippen molar-refractivity contribution in [3.8, 4) is 6.07 Å². The maximum atomic E-state index is 10.3. The number of nitro groups is 1. The van der Waals surface area contributed by atoms with Gasteiger partial charge < -0.3 is 0 Å². The molecule has 0 bridgehead atoms. The van der Waals surface area contributed by atoms with Crippen molar-refractivity contribution in [2.75, 3.05) is 0 Å². The summed E-state index contributed by atoms with van der Waals surface area (Å²) in [6.45, 7) is 1.57. The molecule has 62 valence electrons. The van der Waals surface area contributed by atoms with Gasteiger partial charge in [-0.3, -0.25) is 14.8 Å². The maximum absolute atomic E-state index is 10.3. The molecule has 6 heteroatoms. The van der Waals surface area contributed by atoms with E-state index in [1.807, 2.05) is 6.07 Å². The molecule has 0 N–H and O–H groups in total. The lowest BCUT2D eigenvalue weighted by Gasteiger charge is -1.85. The Labute approximate surface area is 68.2 Å². The number of rotatable bonds is 2. The summed E-state index contributed by atoms with van der Waals surface area (Å²) >= 11 is 0. The molecule has 1 rings (SSSR count). The molecule has 0 atom stereocenters. The van der Waals surface area contributed by atoms with Crippen molar-refractivity contribution in [3.05, 3.63) is 22.0 Å². The van der Waals surface area contributed by atoms with E-state index in [1.165, 1.54) is 17.8 Å². The molecule has 1 heterocycles. The van der Waals surface area contributed by atoms with Gasteiger partial charge in [-0.25, -0.2) is 0 Å². The van der Waals surface area contributed by atoms with Gasteiger partial charge in [0.1, 0.15) is 18.4 Å². The summed E-state index contributed by atoms with van der Waals surface area (Å²) in [6.07, 6.45) is 1.25. The van der Waals surface area contributed by atoms with Crippen LogP contribution in [0.3, 0.4) is 0 Å². The van der Waals surface area contributed by atoms with Crippen LogP contribution in [0.5, 0.6) is 0 Å². The Kier molecular flexibility index (Phi) is 2.05. The highest BCUT2D eigenvalue weighted by molar-refractivity contribution is 5.31. The largest absolute Gasteiger partial charge is 0.309 e. The molecule has 0 spiro atoms. The van der Waals surface area contributed by atoms with Crippen molar-refractivity contribution in [2.45, 2.75) is 13.5 Å². The highest BCUT2D eigenvalue weighted by Crippen LogP contribution is 2.14. The summed E-state index contributed by atoms with van der Waals surface area (Å²) in [4.78, 5) is 9.79. The van der Waals surface area contributed by atoms with E-state index >= 15 is 0 Å². The van der Waals surface area contributed by atoms with E-state index < -0.39 is 4.92 Å². The van der Waals surface area contributed by atoms with Crippen molar-refractivity contribution in [3.63, 3.8) is 0 Å². The summed E-state index contributed by atoms with van der Waals surface area (Å²) in [7, 11) is 0. The third-order valence-electron chi connectivity index (χ3n) is 1.35. The molecule has 0 saturated heterocycles. The number of hydrogen-bond donors (Lipinski definition) is 0. The summed E-state index contributed by atoms with van der Waals surface area (Å²) in [6, 6.07) is 1.84. The SMILES string of the molecule is Cc1nn(CC#N)cc1[N+](=O)[O-]. The molecule has 0 fully saturated rings. The molecular formula is C6H6N4O2. The van der Waals surface area contributed by atoms with Crippen LogP contribution in [0, 0.1) is 28.4 Å². The molecule has 0 aliphatic heterocycles. The van der Waals surface area contributed by atoms with Crippen LogP contribution in [0.15, 0.2) is 6.20 Å². The quantitative estimate of drug-likeness (QED) is 0.476. The minimum Gasteiger partial charge on any atom is -0.258 e. The van der Waals surface area contributed by atoms with E-state index in [4.69, 9.17) is 5.26 Å². The first-order chi connectivity index (χ1) is 5.65. The van der Waals surface area contributed by atoms with Crippen LogP contribution < -0.4 is 0 Å². The van der Waals surface area contributed by atoms with Gasteiger partial charge in [-0.15, -0.1) is 0 Å². The first-order valence-electron chi connectivity index (χ1n) is 3.20. The monoisotopic (exact) mass is 166 g/mol. The molecule has 0 amide bonds. The number of aromatic nitrogens is 2. The van der Waals surface area contributed by atoms with Crippen LogP contribution in [-0.4, -0.2) is 14.7 Å². The molecule has 0 aliphatic rings. The number of nitriles is 1. The third-order valence-corrected chi connectivity index (χ3v) is 1.35. The van der Waals surface area contributed by atoms with E-state index in [0.717, 1.165) is 0 Å². The van der Waals surface area contributed by atoms with Gasteiger partial charge in [0.2, 0.25) is 0 Å². The molecule has 0 radical (unpaired) electrons. The van der Waals surface area contributed by atoms with Gasteiger partial charge >= 0.3 is 5.69 Å². The smallest absolute Gasteiger partial charge is 0.258 e. The second kappa shape index (κ2) is 3.00. The zero-order valence-electron chi connectivity index (χ0n) is 6.39. The molecule has 12 heavy (non-hydrogen) atoms. The van der Waals surface area contributed by atoms with E-state index in [9.17, 15) is 10.1 Å². The lowest BCUT2D eigenvalue weighted by molar-refractivity contribution is -0.385. The Hall–Kier alpha value is -1.90. The van der Waals surface area contributed by atoms with Crippen molar-refractivity contribution >= 4 is 5.69 Å². The zero-order chi connectivity index (χ0) is 9.14. The lowest BCUT2D eigenvalue weighted by atomic mass is 10.4. The molecule has 0 aliphatic carbocycles. The number of aryl methyl sites for hydroxylation is 1. The second-order valence-electron chi connectivity index (χ2n) is 2.21. The van der Waals surface area contributed by atoms with Crippen LogP contribution in [0.4, 0.5) is 5.69 Å². The zero-order valence-corrected chi connectivity index (χ0v) is 6.39. The van der Waals surface area contributed by atoms with Crippen molar-refractivity contribution in [1.82, 2.24) is 9.78 Å². The molecule has 6 nitrogen and oxygen atoms in total. The Bertz CT molecular complexity index is 349. The third kappa shape index (κ3) is 1.40. The van der Waals surface area contributed by atoms with E-state index in [-0.39, 0.29) is 12.2 Å². The topological polar surface area (TPSA) is 84.8 Å². The lowest BCUT2D eigenvalue weighted by Crippen LogP contribution is -1.95. The van der Waals surface area contributed by atoms with Crippen LogP contribution in [0.2, 0.25) is 0 Å². The Morgan fingerprint density at radius 3 is 3.00 bits per heavy atom. The standard InChI is InChI=1S/C6H6N4O2/c1-5-6(10(11)12)4-9(8-5)3-2-7/h4H,3H2,1H3. The first kappa shape index (κ1) is 8.20. The Balaban J connectivity index is 3.02. The fourth-order valence-corrected chi connectivity index (χ4v) is 0.840. The van der Waals surface area contributed by atoms with Crippen molar-refractivity contribution < 1.29 is 4.92 Å². The Morgan fingerprint density at radius 2 is 2.58 bits per heavy atom. The van der Waals surface area contributed by atoms with Gasteiger partial charge in [-0.1, -0.05) is 0 Å². The minimum absolute atomic E-state index is 0.0364. The van der Waals surface area contributed by atoms with Crippen molar-refractivity contribution in [2.24, 2.45) is 0 Å². The molecular weight excluding hydrogens is 160 g/mol. The fraction of sp³-hybridized carbons (Fsp3) is 0.333. The molecule has 0 aromatic carbocycles. The number of nitrogens with zero attached hydrogens (tertiary/aromatic N) is 4. The predicted molar refractivity (Wildman–Crippen MR) is 39.2 cm³/mol. The van der Waals surface area contributed by atoms with E-state index in [0.29, 0.717) is 5.69 Å². The van der Waals surface area contributed by atoms with Crippen LogP contribution in [0.25, 0.3) is 0 Å². The second-order valence-corrected chi connectivity index (χ2v) is 2.21. The van der Waals surface area contributed by atoms with Gasteiger partial charge in [0.15, 0.2) is 0 Å². The first-order valence-corrected chi connectivity index (χ1v) is 3.20. The number of hydrogen-bond acceptors (Lipinski definition) is 4. The molecule has 0 saturated carbocycles. The average Bonchev–Trinajstić information content (AvgIpc) is 2.32. The molecule has 1 aromatic heterocycles. The maximum Gasteiger partial charge on any atom is 0.309 e. The normalized spacial score (nSPS) is 9.33. The van der Waals surface area contributed by atoms with Crippen molar-refractivity contribution in [1.29, 1.82) is 5.26 Å². The fourth-order valence-electron chi connectivity index (χ4n) is 0.840. The summed E-state index contributed by atoms with van der Waals surface area (Å²) in [5, 5.41) is 22.4. The Morgan fingerprint density at radius 1 is 1.92 bits per heavy atom. The summed E-state index contributed by atoms with van der Waals surface area (Å²) < 4.78 is 1.24. The van der Waals surface area contributed by atoms with Gasteiger partial charge in [0.05, 0.1) is 11.0 Å². The van der Waals surface area contributed by atoms with E-state index in [1.54, 1.807) is 0 Å². The van der Waals surface area contributed by atoms with Gasteiger partial charge in [-0.05, 0) is 6.92 Å². The van der Waals surface area contributed by atoms with Crippen LogP contribution >= 0.6 is 0 Å². The summed E-state index contributed by atoms with van der Waals surface area (Å²) in [5.74, 6) is 0. The summed E-state index contributed by atoms with van der Waals surface area (Å²) in [5.41, 5.74) is 0.278. The van der Waals surface area contributed by atoms with Gasteiger partial charge in [-0.2, -0.15) is 10.4 Å².